The molecule has 0 heterocycles. The normalized spacial score (nSPS) is 14.4. The van der Waals surface area contributed by atoms with Gasteiger partial charge in [-0.1, -0.05) is 32.9 Å². The van der Waals surface area contributed by atoms with E-state index in [1.54, 1.807) is 0 Å². The Kier molecular flexibility index (Phi) is 6.06. The minimum atomic E-state index is 0.550. The van der Waals surface area contributed by atoms with Crippen molar-refractivity contribution in [3.05, 3.63) is 29.8 Å². The van der Waals surface area contributed by atoms with E-state index in [9.17, 15) is 0 Å². The molecular formula is C15H25NO. The second kappa shape index (κ2) is 7.33. The van der Waals surface area contributed by atoms with Crippen molar-refractivity contribution in [3.63, 3.8) is 0 Å². The van der Waals surface area contributed by atoms with E-state index in [-0.39, 0.29) is 0 Å². The van der Waals surface area contributed by atoms with Gasteiger partial charge in [0.05, 0.1) is 6.61 Å². The average Bonchev–Trinajstić information content (AvgIpc) is 2.35. The van der Waals surface area contributed by atoms with Crippen LogP contribution in [-0.2, 0) is 0 Å². The van der Waals surface area contributed by atoms with Crippen molar-refractivity contribution < 1.29 is 4.74 Å². The third-order valence-electron chi connectivity index (χ3n) is 3.26. The van der Waals surface area contributed by atoms with Crippen LogP contribution in [0.4, 0.5) is 0 Å². The van der Waals surface area contributed by atoms with Crippen LogP contribution < -0.4 is 10.1 Å². The van der Waals surface area contributed by atoms with Crippen LogP contribution in [0.15, 0.2) is 24.3 Å². The first-order chi connectivity index (χ1) is 8.19. The highest BCUT2D eigenvalue weighted by Crippen LogP contribution is 2.26. The molecule has 96 valence electrons. The van der Waals surface area contributed by atoms with Crippen LogP contribution >= 0.6 is 0 Å². The molecule has 0 bridgehead atoms. The van der Waals surface area contributed by atoms with Gasteiger partial charge in [0.1, 0.15) is 5.75 Å². The quantitative estimate of drug-likeness (QED) is 0.781. The SMILES string of the molecule is CCNCC(C)C(C)c1cccc(OCC)c1. The zero-order chi connectivity index (χ0) is 12.7. The Hall–Kier alpha value is -1.02. The highest BCUT2D eigenvalue weighted by atomic mass is 16.5. The molecule has 17 heavy (non-hydrogen) atoms. The number of rotatable bonds is 7. The Morgan fingerprint density at radius 2 is 2.00 bits per heavy atom. The van der Waals surface area contributed by atoms with Gasteiger partial charge in [-0.3, -0.25) is 0 Å². The van der Waals surface area contributed by atoms with Crippen molar-refractivity contribution in [1.29, 1.82) is 0 Å². The zero-order valence-electron chi connectivity index (χ0n) is 11.5. The number of hydrogen-bond donors (Lipinski definition) is 1. The van der Waals surface area contributed by atoms with Crippen LogP contribution in [0, 0.1) is 5.92 Å². The molecule has 1 aromatic rings. The second-order valence-electron chi connectivity index (χ2n) is 4.58. The molecule has 0 spiro atoms. The number of ether oxygens (including phenoxy) is 1. The summed E-state index contributed by atoms with van der Waals surface area (Å²) in [5.41, 5.74) is 1.36. The predicted octanol–water partition coefficient (Wildman–Crippen LogP) is 3.43. The second-order valence-corrected chi connectivity index (χ2v) is 4.58. The molecule has 0 fully saturated rings. The fourth-order valence-electron chi connectivity index (χ4n) is 1.93. The van der Waals surface area contributed by atoms with Gasteiger partial charge < -0.3 is 10.1 Å². The maximum atomic E-state index is 5.54. The van der Waals surface area contributed by atoms with E-state index >= 15 is 0 Å². The lowest BCUT2D eigenvalue weighted by atomic mass is 9.89. The van der Waals surface area contributed by atoms with Gasteiger partial charge in [0.25, 0.3) is 0 Å². The summed E-state index contributed by atoms with van der Waals surface area (Å²) in [6.45, 7) is 11.6. The van der Waals surface area contributed by atoms with Crippen LogP contribution in [0.5, 0.6) is 5.75 Å². The first-order valence-corrected chi connectivity index (χ1v) is 6.62. The first kappa shape index (κ1) is 14.0. The predicted molar refractivity (Wildman–Crippen MR) is 73.7 cm³/mol. The monoisotopic (exact) mass is 235 g/mol. The van der Waals surface area contributed by atoms with E-state index in [1.807, 2.05) is 13.0 Å². The minimum Gasteiger partial charge on any atom is -0.494 e. The maximum Gasteiger partial charge on any atom is 0.119 e. The van der Waals surface area contributed by atoms with Crippen LogP contribution in [-0.4, -0.2) is 19.7 Å². The summed E-state index contributed by atoms with van der Waals surface area (Å²) in [4.78, 5) is 0. The van der Waals surface area contributed by atoms with Gasteiger partial charge in [-0.15, -0.1) is 0 Å². The zero-order valence-corrected chi connectivity index (χ0v) is 11.5. The van der Waals surface area contributed by atoms with E-state index in [4.69, 9.17) is 4.74 Å². The molecule has 0 aliphatic rings. The lowest BCUT2D eigenvalue weighted by molar-refractivity contribution is 0.339. The molecule has 0 aliphatic heterocycles. The summed E-state index contributed by atoms with van der Waals surface area (Å²) in [6.07, 6.45) is 0. The summed E-state index contributed by atoms with van der Waals surface area (Å²) in [5.74, 6) is 2.16. The van der Waals surface area contributed by atoms with E-state index < -0.39 is 0 Å². The highest BCUT2D eigenvalue weighted by molar-refractivity contribution is 5.30. The molecule has 2 unspecified atom stereocenters. The molecule has 0 aliphatic carbocycles. The molecular weight excluding hydrogens is 210 g/mol. The molecule has 1 aromatic carbocycles. The fourth-order valence-corrected chi connectivity index (χ4v) is 1.93. The van der Waals surface area contributed by atoms with Gasteiger partial charge in [0, 0.05) is 0 Å². The summed E-state index contributed by atoms with van der Waals surface area (Å²) in [5, 5.41) is 3.41. The molecule has 1 rings (SSSR count). The number of benzene rings is 1. The molecule has 0 saturated carbocycles. The Morgan fingerprint density at radius 1 is 1.24 bits per heavy atom. The van der Waals surface area contributed by atoms with Crippen molar-refractivity contribution >= 4 is 0 Å². The molecule has 2 atom stereocenters. The third kappa shape index (κ3) is 4.39. The molecule has 0 radical (unpaired) electrons. The summed E-state index contributed by atoms with van der Waals surface area (Å²) in [6, 6.07) is 8.46. The van der Waals surface area contributed by atoms with Crippen LogP contribution in [0.3, 0.4) is 0 Å². The number of hydrogen-bond acceptors (Lipinski definition) is 2. The van der Waals surface area contributed by atoms with Crippen molar-refractivity contribution in [2.24, 2.45) is 5.92 Å². The summed E-state index contributed by atoms with van der Waals surface area (Å²) >= 11 is 0. The smallest absolute Gasteiger partial charge is 0.119 e. The van der Waals surface area contributed by atoms with Gasteiger partial charge in [-0.05, 0) is 49.5 Å². The van der Waals surface area contributed by atoms with Crippen LogP contribution in [0.2, 0.25) is 0 Å². The van der Waals surface area contributed by atoms with Crippen LogP contribution in [0.25, 0.3) is 0 Å². The van der Waals surface area contributed by atoms with E-state index in [0.717, 1.165) is 25.4 Å². The van der Waals surface area contributed by atoms with E-state index in [1.165, 1.54) is 5.56 Å². The summed E-state index contributed by atoms with van der Waals surface area (Å²) < 4.78 is 5.54. The van der Waals surface area contributed by atoms with E-state index in [0.29, 0.717) is 11.8 Å². The Labute approximate surface area is 105 Å². The molecule has 2 nitrogen and oxygen atoms in total. The molecule has 0 saturated heterocycles. The van der Waals surface area contributed by atoms with Crippen molar-refractivity contribution in [1.82, 2.24) is 5.32 Å². The summed E-state index contributed by atoms with van der Waals surface area (Å²) in [7, 11) is 0. The van der Waals surface area contributed by atoms with Gasteiger partial charge in [0.2, 0.25) is 0 Å². The van der Waals surface area contributed by atoms with Crippen LogP contribution in [0.1, 0.15) is 39.2 Å². The molecule has 0 aromatic heterocycles. The number of nitrogens with one attached hydrogen (secondary N) is 1. The Bertz CT molecular complexity index is 324. The van der Waals surface area contributed by atoms with Crippen molar-refractivity contribution in [3.8, 4) is 5.75 Å². The maximum absolute atomic E-state index is 5.54. The fraction of sp³-hybridized carbons (Fsp3) is 0.600. The topological polar surface area (TPSA) is 21.3 Å². The van der Waals surface area contributed by atoms with Gasteiger partial charge >= 0.3 is 0 Å². The minimum absolute atomic E-state index is 0.550. The molecule has 1 N–H and O–H groups in total. The molecule has 0 amide bonds. The highest BCUT2D eigenvalue weighted by Gasteiger charge is 2.14. The van der Waals surface area contributed by atoms with Gasteiger partial charge in [-0.2, -0.15) is 0 Å². The lowest BCUT2D eigenvalue weighted by Crippen LogP contribution is -2.24. The van der Waals surface area contributed by atoms with Gasteiger partial charge in [0.15, 0.2) is 0 Å². The molecule has 2 heteroatoms. The first-order valence-electron chi connectivity index (χ1n) is 6.62. The Balaban J connectivity index is 2.66. The van der Waals surface area contributed by atoms with Crippen molar-refractivity contribution in [2.75, 3.05) is 19.7 Å². The van der Waals surface area contributed by atoms with Crippen molar-refractivity contribution in [2.45, 2.75) is 33.6 Å². The van der Waals surface area contributed by atoms with E-state index in [2.05, 4.69) is 44.3 Å². The largest absolute Gasteiger partial charge is 0.494 e. The average molecular weight is 235 g/mol. The van der Waals surface area contributed by atoms with Gasteiger partial charge in [-0.25, -0.2) is 0 Å². The standard InChI is InChI=1S/C15H25NO/c1-5-16-11-12(3)13(4)14-8-7-9-15(10-14)17-6-2/h7-10,12-13,16H,5-6,11H2,1-4H3. The third-order valence-corrected chi connectivity index (χ3v) is 3.26. The Morgan fingerprint density at radius 3 is 2.65 bits per heavy atom. The lowest BCUT2D eigenvalue weighted by Gasteiger charge is -2.21.